The van der Waals surface area contributed by atoms with Crippen LogP contribution in [0.15, 0.2) is 73.3 Å². The van der Waals surface area contributed by atoms with Gasteiger partial charge in [-0.25, -0.2) is 0 Å². The maximum Gasteiger partial charge on any atom is 0.143 e. The summed E-state index contributed by atoms with van der Waals surface area (Å²) < 4.78 is 13.3. The molecule has 0 aliphatic carbocycles. The summed E-state index contributed by atoms with van der Waals surface area (Å²) >= 11 is 0. The van der Waals surface area contributed by atoms with E-state index in [1.54, 1.807) is 0 Å². The first-order valence-corrected chi connectivity index (χ1v) is 7.98. The third-order valence-corrected chi connectivity index (χ3v) is 6.15. The fourth-order valence-corrected chi connectivity index (χ4v) is 4.69. The van der Waals surface area contributed by atoms with E-state index in [2.05, 4.69) is 6.58 Å². The fourth-order valence-electron chi connectivity index (χ4n) is 2.02. The Bertz CT molecular complexity index is 502. The monoisotopic (exact) mass is 256 g/mol. The summed E-state index contributed by atoms with van der Waals surface area (Å²) in [5, 5.41) is 1.86. The number of allylic oxidation sites excluding steroid dienone is 1. The van der Waals surface area contributed by atoms with E-state index in [9.17, 15) is 4.57 Å². The highest BCUT2D eigenvalue weighted by atomic mass is 31.2. The molecular weight excluding hydrogens is 239 g/mol. The molecule has 2 rings (SSSR count). The molecule has 0 radical (unpaired) electrons. The molecule has 0 saturated heterocycles. The lowest BCUT2D eigenvalue weighted by Crippen LogP contribution is -2.18. The molecule has 0 aliphatic rings. The molecule has 0 heterocycles. The van der Waals surface area contributed by atoms with E-state index in [4.69, 9.17) is 0 Å². The Kier molecular flexibility index (Phi) is 4.17. The van der Waals surface area contributed by atoms with Crippen LogP contribution in [-0.2, 0) is 4.57 Å². The molecule has 0 amide bonds. The first-order chi connectivity index (χ1) is 8.77. The number of hydrogen-bond donors (Lipinski definition) is 0. The van der Waals surface area contributed by atoms with E-state index in [0.29, 0.717) is 6.16 Å². The molecule has 0 aliphatic heterocycles. The standard InChI is InChI=1S/C16H17OP/c1-2-3-14-18(17,15-10-6-4-7-11-15)16-12-8-5-9-13-16/h2,4-13H,1,3,14H2. The van der Waals surface area contributed by atoms with Gasteiger partial charge < -0.3 is 4.57 Å². The molecule has 0 aromatic heterocycles. The first-order valence-electron chi connectivity index (χ1n) is 6.08. The minimum atomic E-state index is -2.51. The predicted octanol–water partition coefficient (Wildman–Crippen LogP) is 3.58. The molecular formula is C16H17OP. The van der Waals surface area contributed by atoms with Gasteiger partial charge in [-0.15, -0.1) is 6.58 Å². The van der Waals surface area contributed by atoms with Crippen molar-refractivity contribution in [2.75, 3.05) is 6.16 Å². The largest absolute Gasteiger partial charge is 0.314 e. The maximum atomic E-state index is 13.3. The third kappa shape index (κ3) is 2.63. The Labute approximate surface area is 109 Å². The molecule has 0 N–H and O–H groups in total. The highest BCUT2D eigenvalue weighted by molar-refractivity contribution is 7.78. The molecule has 0 spiro atoms. The molecule has 0 fully saturated rings. The van der Waals surface area contributed by atoms with E-state index >= 15 is 0 Å². The Morgan fingerprint density at radius 3 is 1.72 bits per heavy atom. The van der Waals surface area contributed by atoms with E-state index in [0.717, 1.165) is 17.0 Å². The normalized spacial score (nSPS) is 11.1. The fraction of sp³-hybridized carbons (Fsp3) is 0.125. The number of benzene rings is 2. The molecule has 2 aromatic carbocycles. The van der Waals surface area contributed by atoms with Crippen LogP contribution >= 0.6 is 7.14 Å². The summed E-state index contributed by atoms with van der Waals surface area (Å²) in [5.74, 6) is 0. The summed E-state index contributed by atoms with van der Waals surface area (Å²) in [6.07, 6.45) is 3.24. The van der Waals surface area contributed by atoms with Crippen molar-refractivity contribution in [2.24, 2.45) is 0 Å². The molecule has 2 aromatic rings. The smallest absolute Gasteiger partial charge is 0.143 e. The van der Waals surface area contributed by atoms with Gasteiger partial charge in [0.25, 0.3) is 0 Å². The molecule has 92 valence electrons. The third-order valence-electron chi connectivity index (χ3n) is 2.99. The Balaban J connectivity index is 2.48. The molecule has 0 unspecified atom stereocenters. The molecule has 18 heavy (non-hydrogen) atoms. The van der Waals surface area contributed by atoms with Crippen molar-refractivity contribution < 1.29 is 4.57 Å². The minimum Gasteiger partial charge on any atom is -0.314 e. The van der Waals surface area contributed by atoms with Crippen molar-refractivity contribution in [3.8, 4) is 0 Å². The zero-order chi connectivity index (χ0) is 12.8. The van der Waals surface area contributed by atoms with Gasteiger partial charge in [-0.05, 0) is 6.42 Å². The molecule has 2 heteroatoms. The van der Waals surface area contributed by atoms with Crippen LogP contribution in [0.1, 0.15) is 6.42 Å². The van der Waals surface area contributed by atoms with Crippen LogP contribution in [0.2, 0.25) is 0 Å². The molecule has 0 atom stereocenters. The summed E-state index contributed by atoms with van der Waals surface area (Å²) in [6.45, 7) is 3.73. The zero-order valence-corrected chi connectivity index (χ0v) is 11.2. The first kappa shape index (κ1) is 12.9. The summed E-state index contributed by atoms with van der Waals surface area (Å²) in [6, 6.07) is 19.5. The highest BCUT2D eigenvalue weighted by Crippen LogP contribution is 2.43. The summed E-state index contributed by atoms with van der Waals surface area (Å²) in [5.41, 5.74) is 0. The van der Waals surface area contributed by atoms with Gasteiger partial charge in [0.05, 0.1) is 0 Å². The quantitative estimate of drug-likeness (QED) is 0.590. The number of hydrogen-bond acceptors (Lipinski definition) is 1. The van der Waals surface area contributed by atoms with E-state index in [1.165, 1.54) is 0 Å². The van der Waals surface area contributed by atoms with Gasteiger partial charge in [0.2, 0.25) is 0 Å². The lowest BCUT2D eigenvalue weighted by atomic mass is 10.4. The average Bonchev–Trinajstić information content (AvgIpc) is 2.46. The second-order valence-electron chi connectivity index (χ2n) is 4.21. The van der Waals surface area contributed by atoms with E-state index < -0.39 is 7.14 Å². The van der Waals surface area contributed by atoms with Crippen LogP contribution in [0.5, 0.6) is 0 Å². The SMILES string of the molecule is C=CCCP(=O)(c1ccccc1)c1ccccc1. The summed E-state index contributed by atoms with van der Waals surface area (Å²) in [7, 11) is -2.51. The predicted molar refractivity (Wildman–Crippen MR) is 79.4 cm³/mol. The van der Waals surface area contributed by atoms with E-state index in [1.807, 2.05) is 66.7 Å². The van der Waals surface area contributed by atoms with Crippen LogP contribution in [0.3, 0.4) is 0 Å². The van der Waals surface area contributed by atoms with Gasteiger partial charge in [-0.3, -0.25) is 0 Å². The van der Waals surface area contributed by atoms with Gasteiger partial charge in [0, 0.05) is 16.8 Å². The van der Waals surface area contributed by atoms with Gasteiger partial charge in [-0.1, -0.05) is 66.7 Å². The van der Waals surface area contributed by atoms with Gasteiger partial charge in [0.15, 0.2) is 0 Å². The lowest BCUT2D eigenvalue weighted by Gasteiger charge is -2.18. The Hall–Kier alpha value is -1.59. The van der Waals surface area contributed by atoms with Crippen molar-refractivity contribution in [1.29, 1.82) is 0 Å². The van der Waals surface area contributed by atoms with Gasteiger partial charge in [0.1, 0.15) is 7.14 Å². The van der Waals surface area contributed by atoms with Crippen LogP contribution in [-0.4, -0.2) is 6.16 Å². The van der Waals surface area contributed by atoms with Crippen molar-refractivity contribution >= 4 is 17.8 Å². The van der Waals surface area contributed by atoms with Crippen molar-refractivity contribution in [1.82, 2.24) is 0 Å². The number of rotatable bonds is 5. The van der Waals surface area contributed by atoms with Crippen molar-refractivity contribution in [3.63, 3.8) is 0 Å². The lowest BCUT2D eigenvalue weighted by molar-refractivity contribution is 0.587. The Morgan fingerprint density at radius 2 is 1.33 bits per heavy atom. The van der Waals surface area contributed by atoms with Crippen LogP contribution < -0.4 is 10.6 Å². The summed E-state index contributed by atoms with van der Waals surface area (Å²) in [4.78, 5) is 0. The van der Waals surface area contributed by atoms with Crippen LogP contribution in [0, 0.1) is 0 Å². The molecule has 1 nitrogen and oxygen atoms in total. The maximum absolute atomic E-state index is 13.3. The van der Waals surface area contributed by atoms with Crippen LogP contribution in [0.4, 0.5) is 0 Å². The topological polar surface area (TPSA) is 17.1 Å². The van der Waals surface area contributed by atoms with E-state index in [-0.39, 0.29) is 0 Å². The second-order valence-corrected chi connectivity index (χ2v) is 7.17. The Morgan fingerprint density at radius 1 is 0.889 bits per heavy atom. The zero-order valence-electron chi connectivity index (χ0n) is 10.3. The second kappa shape index (κ2) is 5.84. The van der Waals surface area contributed by atoms with Gasteiger partial charge >= 0.3 is 0 Å². The van der Waals surface area contributed by atoms with Crippen molar-refractivity contribution in [2.45, 2.75) is 6.42 Å². The van der Waals surface area contributed by atoms with Crippen molar-refractivity contribution in [3.05, 3.63) is 73.3 Å². The highest BCUT2D eigenvalue weighted by Gasteiger charge is 2.25. The average molecular weight is 256 g/mol. The molecule has 0 saturated carbocycles. The van der Waals surface area contributed by atoms with Crippen LogP contribution in [0.25, 0.3) is 0 Å². The molecule has 0 bridgehead atoms. The minimum absolute atomic E-state index is 0.643. The van der Waals surface area contributed by atoms with Gasteiger partial charge in [-0.2, -0.15) is 0 Å².